The molecule has 1 amide bonds. The van der Waals surface area contributed by atoms with Crippen molar-refractivity contribution in [3.05, 3.63) is 30.3 Å². The van der Waals surface area contributed by atoms with Crippen LogP contribution < -0.4 is 15.6 Å². The SMILES string of the molecule is O=C(CN1CC[N]CC1)NOc1ccccc1. The summed E-state index contributed by atoms with van der Waals surface area (Å²) in [6.45, 7) is 3.68. The van der Waals surface area contributed by atoms with Gasteiger partial charge in [0, 0.05) is 26.2 Å². The number of hydrogen-bond donors (Lipinski definition) is 1. The number of para-hydroxylation sites is 1. The minimum Gasteiger partial charge on any atom is -0.380 e. The molecule has 0 atom stereocenters. The van der Waals surface area contributed by atoms with E-state index in [1.807, 2.05) is 18.2 Å². The maximum Gasteiger partial charge on any atom is 0.266 e. The lowest BCUT2D eigenvalue weighted by Gasteiger charge is -2.25. The summed E-state index contributed by atoms with van der Waals surface area (Å²) in [7, 11) is 0. The number of hydrogen-bond acceptors (Lipinski definition) is 3. The number of rotatable bonds is 4. The lowest BCUT2D eigenvalue weighted by atomic mass is 10.3. The Morgan fingerprint density at radius 1 is 1.29 bits per heavy atom. The van der Waals surface area contributed by atoms with E-state index in [2.05, 4.69) is 15.7 Å². The van der Waals surface area contributed by atoms with Crippen molar-refractivity contribution in [3.63, 3.8) is 0 Å². The summed E-state index contributed by atoms with van der Waals surface area (Å²) in [5.41, 5.74) is 2.44. The molecule has 1 N–H and O–H groups in total. The third-order valence-corrected chi connectivity index (χ3v) is 2.54. The molecule has 1 fully saturated rings. The van der Waals surface area contributed by atoms with Crippen molar-refractivity contribution in [2.75, 3.05) is 32.7 Å². The van der Waals surface area contributed by atoms with Gasteiger partial charge in [0.15, 0.2) is 5.75 Å². The predicted molar refractivity (Wildman–Crippen MR) is 63.5 cm³/mol. The molecule has 0 aliphatic carbocycles. The van der Waals surface area contributed by atoms with Gasteiger partial charge in [-0.1, -0.05) is 18.2 Å². The first-order valence-electron chi connectivity index (χ1n) is 5.71. The Balaban J connectivity index is 1.70. The zero-order chi connectivity index (χ0) is 11.9. The van der Waals surface area contributed by atoms with Gasteiger partial charge in [-0.2, -0.15) is 5.48 Å². The second kappa shape index (κ2) is 6.22. The number of carbonyl (C=O) groups is 1. The van der Waals surface area contributed by atoms with Crippen molar-refractivity contribution in [1.82, 2.24) is 15.7 Å². The third kappa shape index (κ3) is 4.05. The highest BCUT2D eigenvalue weighted by Crippen LogP contribution is 2.06. The van der Waals surface area contributed by atoms with E-state index in [-0.39, 0.29) is 5.91 Å². The summed E-state index contributed by atoms with van der Waals surface area (Å²) in [6.07, 6.45) is 0. The van der Waals surface area contributed by atoms with Gasteiger partial charge >= 0.3 is 0 Å². The number of benzene rings is 1. The summed E-state index contributed by atoms with van der Waals surface area (Å²) >= 11 is 0. The Kier molecular flexibility index (Phi) is 4.35. The highest BCUT2D eigenvalue weighted by atomic mass is 16.7. The normalized spacial score (nSPS) is 16.5. The fraction of sp³-hybridized carbons (Fsp3) is 0.417. The van der Waals surface area contributed by atoms with Gasteiger partial charge in [-0.25, -0.2) is 5.32 Å². The molecule has 1 aromatic carbocycles. The summed E-state index contributed by atoms with van der Waals surface area (Å²) in [5, 5.41) is 4.22. The van der Waals surface area contributed by atoms with Gasteiger partial charge in [0.1, 0.15) is 0 Å². The molecule has 17 heavy (non-hydrogen) atoms. The topological polar surface area (TPSA) is 55.7 Å². The molecule has 1 aliphatic heterocycles. The molecule has 2 rings (SSSR count). The minimum absolute atomic E-state index is 0.129. The molecule has 0 unspecified atom stereocenters. The van der Waals surface area contributed by atoms with Gasteiger partial charge < -0.3 is 4.84 Å². The fourth-order valence-electron chi connectivity index (χ4n) is 1.65. The van der Waals surface area contributed by atoms with Crippen LogP contribution in [0.2, 0.25) is 0 Å². The van der Waals surface area contributed by atoms with Crippen molar-refractivity contribution in [2.45, 2.75) is 0 Å². The summed E-state index contributed by atoms with van der Waals surface area (Å²) in [6, 6.07) is 9.19. The van der Waals surface area contributed by atoms with Crippen LogP contribution in [0.3, 0.4) is 0 Å². The van der Waals surface area contributed by atoms with E-state index < -0.39 is 0 Å². The number of hydroxylamine groups is 1. The Labute approximate surface area is 101 Å². The number of amides is 1. The first-order valence-corrected chi connectivity index (χ1v) is 5.71. The fourth-order valence-corrected chi connectivity index (χ4v) is 1.65. The van der Waals surface area contributed by atoms with Gasteiger partial charge in [-0.05, 0) is 12.1 Å². The van der Waals surface area contributed by atoms with Crippen LogP contribution in [-0.2, 0) is 4.79 Å². The van der Waals surface area contributed by atoms with E-state index in [4.69, 9.17) is 4.84 Å². The molecule has 5 nitrogen and oxygen atoms in total. The monoisotopic (exact) mass is 234 g/mol. The van der Waals surface area contributed by atoms with Crippen molar-refractivity contribution in [3.8, 4) is 5.75 Å². The average Bonchev–Trinajstić information content (AvgIpc) is 2.39. The Morgan fingerprint density at radius 3 is 2.71 bits per heavy atom. The number of piperazine rings is 1. The van der Waals surface area contributed by atoms with Crippen LogP contribution in [-0.4, -0.2) is 43.5 Å². The first kappa shape index (κ1) is 11.9. The quantitative estimate of drug-likeness (QED) is 0.747. The Bertz CT molecular complexity index is 350. The number of nitrogens with zero attached hydrogens (tertiary/aromatic N) is 2. The molecule has 91 valence electrons. The second-order valence-electron chi connectivity index (χ2n) is 3.89. The second-order valence-corrected chi connectivity index (χ2v) is 3.89. The molecule has 1 aliphatic rings. The van der Waals surface area contributed by atoms with E-state index in [0.29, 0.717) is 12.3 Å². The molecular weight excluding hydrogens is 218 g/mol. The third-order valence-electron chi connectivity index (χ3n) is 2.54. The Hall–Kier alpha value is -1.59. The molecule has 1 saturated heterocycles. The van der Waals surface area contributed by atoms with Crippen LogP contribution in [0.5, 0.6) is 5.75 Å². The summed E-state index contributed by atoms with van der Waals surface area (Å²) in [5.74, 6) is 0.505. The van der Waals surface area contributed by atoms with Crippen molar-refractivity contribution in [2.24, 2.45) is 0 Å². The molecular formula is C12H16N3O2. The molecule has 5 heteroatoms. The van der Waals surface area contributed by atoms with Crippen molar-refractivity contribution in [1.29, 1.82) is 0 Å². The smallest absolute Gasteiger partial charge is 0.266 e. The maximum atomic E-state index is 11.6. The number of carbonyl (C=O) groups excluding carboxylic acids is 1. The van der Waals surface area contributed by atoms with Crippen LogP contribution in [0.4, 0.5) is 0 Å². The van der Waals surface area contributed by atoms with Crippen LogP contribution in [0.15, 0.2) is 30.3 Å². The molecule has 0 spiro atoms. The zero-order valence-corrected chi connectivity index (χ0v) is 9.63. The minimum atomic E-state index is -0.129. The highest BCUT2D eigenvalue weighted by molar-refractivity contribution is 5.77. The number of nitrogens with one attached hydrogen (secondary N) is 1. The van der Waals surface area contributed by atoms with E-state index >= 15 is 0 Å². The van der Waals surface area contributed by atoms with Gasteiger partial charge in [-0.3, -0.25) is 9.69 Å². The molecule has 1 aromatic rings. The average molecular weight is 234 g/mol. The lowest BCUT2D eigenvalue weighted by Crippen LogP contribution is -2.46. The van der Waals surface area contributed by atoms with Gasteiger partial charge in [0.25, 0.3) is 5.91 Å². The van der Waals surface area contributed by atoms with E-state index in [1.54, 1.807) is 12.1 Å². The van der Waals surface area contributed by atoms with Crippen LogP contribution in [0, 0.1) is 0 Å². The van der Waals surface area contributed by atoms with Crippen molar-refractivity contribution >= 4 is 5.91 Å². The first-order chi connectivity index (χ1) is 8.34. The van der Waals surface area contributed by atoms with Gasteiger partial charge in [-0.15, -0.1) is 0 Å². The zero-order valence-electron chi connectivity index (χ0n) is 9.63. The molecule has 0 bridgehead atoms. The van der Waals surface area contributed by atoms with E-state index in [0.717, 1.165) is 26.2 Å². The van der Waals surface area contributed by atoms with Gasteiger partial charge in [0.2, 0.25) is 0 Å². The predicted octanol–water partition coefficient (Wildman–Crippen LogP) is 0.0166. The molecule has 1 heterocycles. The van der Waals surface area contributed by atoms with Crippen LogP contribution >= 0.6 is 0 Å². The summed E-state index contributed by atoms with van der Waals surface area (Å²) in [4.78, 5) is 18.8. The largest absolute Gasteiger partial charge is 0.380 e. The Morgan fingerprint density at radius 2 is 2.00 bits per heavy atom. The van der Waals surface area contributed by atoms with E-state index in [1.165, 1.54) is 0 Å². The van der Waals surface area contributed by atoms with Crippen LogP contribution in [0.25, 0.3) is 0 Å². The molecule has 1 radical (unpaired) electrons. The van der Waals surface area contributed by atoms with E-state index in [9.17, 15) is 4.79 Å². The standard InChI is InChI=1S/C12H16N3O2/c16-12(10-15-8-6-13-7-9-15)14-17-11-4-2-1-3-5-11/h1-5H,6-10H2,(H,14,16). The van der Waals surface area contributed by atoms with Crippen LogP contribution in [0.1, 0.15) is 0 Å². The van der Waals surface area contributed by atoms with Gasteiger partial charge in [0.05, 0.1) is 6.54 Å². The maximum absolute atomic E-state index is 11.6. The molecule has 0 aromatic heterocycles. The highest BCUT2D eigenvalue weighted by Gasteiger charge is 2.14. The summed E-state index contributed by atoms with van der Waals surface area (Å²) < 4.78 is 0. The van der Waals surface area contributed by atoms with Crippen molar-refractivity contribution < 1.29 is 9.63 Å². The molecule has 0 saturated carbocycles. The lowest BCUT2D eigenvalue weighted by molar-refractivity contribution is -0.129.